The Morgan fingerprint density at radius 2 is 1.90 bits per heavy atom. The Bertz CT molecular complexity index is 781. The van der Waals surface area contributed by atoms with Crippen LogP contribution in [0.2, 0.25) is 0 Å². The Hall–Kier alpha value is -1.21. The van der Waals surface area contributed by atoms with Crippen LogP contribution in [-0.2, 0) is 14.8 Å². The van der Waals surface area contributed by atoms with Crippen LogP contribution < -0.4 is 15.6 Å². The van der Waals surface area contributed by atoms with Crippen molar-refractivity contribution in [3.05, 3.63) is 0 Å². The normalized spacial score (nSPS) is 32.5. The summed E-state index contributed by atoms with van der Waals surface area (Å²) in [4.78, 5) is 31.5. The van der Waals surface area contributed by atoms with Gasteiger partial charge in [-0.25, -0.2) is 17.6 Å². The van der Waals surface area contributed by atoms with Gasteiger partial charge in [-0.05, 0) is 25.8 Å². The summed E-state index contributed by atoms with van der Waals surface area (Å²) in [6, 6.07) is -0.0495. The van der Waals surface area contributed by atoms with Crippen molar-refractivity contribution < 1.29 is 22.4 Å². The Labute approximate surface area is 187 Å². The third-order valence-corrected chi connectivity index (χ3v) is 7.99. The molecule has 5 unspecified atom stereocenters. The number of carbonyl (C=O) groups excluding carboxylic acids is 2. The monoisotopic (exact) mass is 482 g/mol. The van der Waals surface area contributed by atoms with Crippen LogP contribution in [-0.4, -0.2) is 106 Å². The molecule has 0 bridgehead atoms. The third-order valence-electron chi connectivity index (χ3n) is 6.25. The molecular weight excluding hydrogens is 451 g/mol. The lowest BCUT2D eigenvalue weighted by Crippen LogP contribution is -2.57. The zero-order valence-electron chi connectivity index (χ0n) is 18.1. The van der Waals surface area contributed by atoms with Crippen molar-refractivity contribution in [3.63, 3.8) is 0 Å². The maximum Gasteiger partial charge on any atom is 0.319 e. The van der Waals surface area contributed by atoms with Crippen molar-refractivity contribution in [2.24, 2.45) is 17.8 Å². The lowest BCUT2D eigenvalue weighted by atomic mass is 9.76. The number of alkyl halides is 2. The second-order valence-corrected chi connectivity index (χ2v) is 11.5. The number of rotatable bonds is 6. The smallest absolute Gasteiger partial charge is 0.319 e. The van der Waals surface area contributed by atoms with Gasteiger partial charge < -0.3 is 9.80 Å². The number of amides is 3. The summed E-state index contributed by atoms with van der Waals surface area (Å²) < 4.78 is 39.3. The number of hydrazine groups is 1. The molecule has 0 radical (unpaired) electrons. The van der Waals surface area contributed by atoms with Gasteiger partial charge in [0.2, 0.25) is 15.9 Å². The number of halogens is 2. The zero-order chi connectivity index (χ0) is 22.9. The standard InChI is InChI=1S/C18H32ClFN6O4S/c1-24(2)18(28)26-6-11(7-26)9-31(29,30)23-22-17(27)13-4-12(5-14(19)16(13)20)15-8-25(3)10-21-15/h11-16,21,23H,4-10H2,1-3H3,(H,22,27). The fourth-order valence-electron chi connectivity index (χ4n) is 4.54. The number of carbonyl (C=O) groups is 2. The highest BCUT2D eigenvalue weighted by molar-refractivity contribution is 7.89. The lowest BCUT2D eigenvalue weighted by molar-refractivity contribution is -0.129. The molecule has 2 aliphatic heterocycles. The highest BCUT2D eigenvalue weighted by atomic mass is 35.5. The molecule has 2 saturated heterocycles. The highest BCUT2D eigenvalue weighted by Crippen LogP contribution is 2.37. The predicted molar refractivity (Wildman–Crippen MR) is 114 cm³/mol. The van der Waals surface area contributed by atoms with Crippen molar-refractivity contribution in [3.8, 4) is 0 Å². The molecule has 3 aliphatic rings. The summed E-state index contributed by atoms with van der Waals surface area (Å²) in [5, 5.41) is 2.55. The molecule has 0 spiro atoms. The summed E-state index contributed by atoms with van der Waals surface area (Å²) >= 11 is 6.19. The van der Waals surface area contributed by atoms with Crippen molar-refractivity contribution in [1.82, 2.24) is 30.3 Å². The molecule has 178 valence electrons. The Morgan fingerprint density at radius 1 is 1.23 bits per heavy atom. The second-order valence-electron chi connectivity index (χ2n) is 9.13. The first-order chi connectivity index (χ1) is 14.5. The second kappa shape index (κ2) is 9.74. The van der Waals surface area contributed by atoms with Crippen molar-refractivity contribution in [2.45, 2.75) is 30.4 Å². The molecule has 3 N–H and O–H groups in total. The number of nitrogens with zero attached hydrogens (tertiary/aromatic N) is 3. The summed E-state index contributed by atoms with van der Waals surface area (Å²) in [5.74, 6) is -2.15. The van der Waals surface area contributed by atoms with E-state index < -0.39 is 33.4 Å². The average molecular weight is 483 g/mol. The maximum atomic E-state index is 14.7. The fourth-order valence-corrected chi connectivity index (χ4v) is 6.12. The number of hydrogen-bond donors (Lipinski definition) is 3. The molecule has 3 fully saturated rings. The highest BCUT2D eigenvalue weighted by Gasteiger charge is 2.44. The van der Waals surface area contributed by atoms with Crippen molar-refractivity contribution in [1.29, 1.82) is 0 Å². The van der Waals surface area contributed by atoms with E-state index in [-0.39, 0.29) is 29.7 Å². The molecule has 3 amide bonds. The first-order valence-corrected chi connectivity index (χ1v) is 12.5. The van der Waals surface area contributed by atoms with E-state index in [9.17, 15) is 22.4 Å². The largest absolute Gasteiger partial charge is 0.331 e. The van der Waals surface area contributed by atoms with Crippen LogP contribution >= 0.6 is 11.6 Å². The average Bonchev–Trinajstić information content (AvgIpc) is 3.10. The molecule has 0 aromatic rings. The number of nitrogens with one attached hydrogen (secondary N) is 3. The van der Waals surface area contributed by atoms with E-state index in [1.807, 2.05) is 7.05 Å². The summed E-state index contributed by atoms with van der Waals surface area (Å²) in [6.45, 7) is 2.18. The molecule has 0 aromatic heterocycles. The summed E-state index contributed by atoms with van der Waals surface area (Å²) in [7, 11) is 1.41. The first kappa shape index (κ1) is 24.4. The molecule has 1 saturated carbocycles. The van der Waals surface area contributed by atoms with Crippen molar-refractivity contribution in [2.75, 3.05) is 53.2 Å². The lowest BCUT2D eigenvalue weighted by Gasteiger charge is -2.40. The number of hydrogen-bond acceptors (Lipinski definition) is 6. The van der Waals surface area contributed by atoms with E-state index in [0.29, 0.717) is 25.9 Å². The molecular formula is C18H32ClFN6O4S. The first-order valence-electron chi connectivity index (χ1n) is 10.4. The molecule has 2 heterocycles. The van der Waals surface area contributed by atoms with E-state index >= 15 is 0 Å². The molecule has 31 heavy (non-hydrogen) atoms. The van der Waals surface area contributed by atoms with E-state index in [0.717, 1.165) is 13.2 Å². The molecule has 0 aromatic carbocycles. The quantitative estimate of drug-likeness (QED) is 0.343. The van der Waals surface area contributed by atoms with Gasteiger partial charge in [-0.15, -0.1) is 16.4 Å². The SMILES string of the molecule is CN1CNC(C2CC(Cl)C(F)C(C(=O)NNS(=O)(=O)CC3CN(C(=O)N(C)C)C3)C2)C1. The van der Waals surface area contributed by atoms with Gasteiger partial charge in [0, 0.05) is 52.4 Å². The minimum Gasteiger partial charge on any atom is -0.331 e. The van der Waals surface area contributed by atoms with Crippen LogP contribution in [0.1, 0.15) is 12.8 Å². The van der Waals surface area contributed by atoms with E-state index in [1.165, 1.54) is 4.90 Å². The topological polar surface area (TPSA) is 114 Å². The van der Waals surface area contributed by atoms with E-state index in [1.54, 1.807) is 19.0 Å². The molecule has 13 heteroatoms. The van der Waals surface area contributed by atoms with Crippen LogP contribution in [0, 0.1) is 17.8 Å². The van der Waals surface area contributed by atoms with Gasteiger partial charge in [-0.1, -0.05) is 0 Å². The van der Waals surface area contributed by atoms with Crippen LogP contribution in [0.25, 0.3) is 0 Å². The van der Waals surface area contributed by atoms with Gasteiger partial charge in [0.25, 0.3) is 0 Å². The number of sulfonamides is 1. The zero-order valence-corrected chi connectivity index (χ0v) is 19.6. The van der Waals surface area contributed by atoms with Crippen LogP contribution in [0.4, 0.5) is 9.18 Å². The number of likely N-dealkylation sites (tertiary alicyclic amines) is 1. The van der Waals surface area contributed by atoms with Gasteiger partial charge in [0.05, 0.1) is 17.0 Å². The van der Waals surface area contributed by atoms with Crippen LogP contribution in [0.5, 0.6) is 0 Å². The third kappa shape index (κ3) is 5.98. The van der Waals surface area contributed by atoms with Gasteiger partial charge in [-0.3, -0.25) is 20.4 Å². The fraction of sp³-hybridized carbons (Fsp3) is 0.889. The summed E-state index contributed by atoms with van der Waals surface area (Å²) in [6.07, 6.45) is -0.778. The number of urea groups is 1. The predicted octanol–water partition coefficient (Wildman–Crippen LogP) is -0.617. The molecule has 10 nitrogen and oxygen atoms in total. The molecule has 5 atom stereocenters. The van der Waals surface area contributed by atoms with Gasteiger partial charge in [0.15, 0.2) is 0 Å². The van der Waals surface area contributed by atoms with Gasteiger partial charge in [-0.2, -0.15) is 0 Å². The Kier molecular flexibility index (Phi) is 7.67. The van der Waals surface area contributed by atoms with Gasteiger partial charge in [0.1, 0.15) is 6.17 Å². The van der Waals surface area contributed by atoms with Crippen LogP contribution in [0.3, 0.4) is 0 Å². The van der Waals surface area contributed by atoms with E-state index in [4.69, 9.17) is 11.6 Å². The van der Waals surface area contributed by atoms with Crippen LogP contribution in [0.15, 0.2) is 0 Å². The minimum absolute atomic E-state index is 0.0296. The summed E-state index contributed by atoms with van der Waals surface area (Å²) in [5.41, 5.74) is 2.17. The number of likely N-dealkylation sites (N-methyl/N-ethyl adjacent to an activating group) is 1. The van der Waals surface area contributed by atoms with Crippen molar-refractivity contribution >= 4 is 33.6 Å². The molecule has 1 aliphatic carbocycles. The van der Waals surface area contributed by atoms with Gasteiger partial charge >= 0.3 is 6.03 Å². The Morgan fingerprint density at radius 3 is 2.48 bits per heavy atom. The molecule has 3 rings (SSSR count). The van der Waals surface area contributed by atoms with E-state index in [2.05, 4.69) is 20.5 Å². The maximum absolute atomic E-state index is 14.7. The Balaban J connectivity index is 1.49. The minimum atomic E-state index is -3.82.